The Labute approximate surface area is 233 Å². The van der Waals surface area contributed by atoms with Gasteiger partial charge in [0.25, 0.3) is 0 Å². The van der Waals surface area contributed by atoms with Crippen LogP contribution in [0.5, 0.6) is 0 Å². The number of ether oxygens (including phenoxy) is 1. The van der Waals surface area contributed by atoms with Gasteiger partial charge in [-0.2, -0.15) is 0 Å². The molecule has 1 spiro atoms. The number of benzene rings is 1. The zero-order chi connectivity index (χ0) is 24.8. The molecule has 5 heteroatoms. The summed E-state index contributed by atoms with van der Waals surface area (Å²) in [5.41, 5.74) is 6.68. The molecule has 5 rings (SSSR count). The minimum atomic E-state index is 0. The van der Waals surface area contributed by atoms with E-state index in [4.69, 9.17) is 4.74 Å². The summed E-state index contributed by atoms with van der Waals surface area (Å²) in [6, 6.07) is 7.43. The summed E-state index contributed by atoms with van der Waals surface area (Å²) in [6.45, 7) is 10.5. The van der Waals surface area contributed by atoms with E-state index in [-0.39, 0.29) is 12.4 Å². The summed E-state index contributed by atoms with van der Waals surface area (Å²) in [6.07, 6.45) is 20.6. The summed E-state index contributed by atoms with van der Waals surface area (Å²) in [7, 11) is 1.87. The van der Waals surface area contributed by atoms with E-state index >= 15 is 0 Å². The molecular formula is C32H52ClN3O. The molecule has 0 bridgehead atoms. The topological polar surface area (TPSA) is 19.0 Å². The van der Waals surface area contributed by atoms with Crippen LogP contribution in [0.25, 0.3) is 5.57 Å². The van der Waals surface area contributed by atoms with E-state index in [9.17, 15) is 0 Å². The lowest BCUT2D eigenvalue weighted by Crippen LogP contribution is -2.47. The number of nitrogens with zero attached hydrogens (tertiary/aromatic N) is 3. The number of allylic oxidation sites excluding steroid dienone is 2. The first kappa shape index (κ1) is 28.8. The first-order valence-electron chi connectivity index (χ1n) is 15.3. The molecule has 4 aliphatic rings. The fourth-order valence-electron chi connectivity index (χ4n) is 7.35. The van der Waals surface area contributed by atoms with Crippen LogP contribution in [-0.2, 0) is 4.74 Å². The lowest BCUT2D eigenvalue weighted by Gasteiger charge is -2.41. The summed E-state index contributed by atoms with van der Waals surface area (Å²) >= 11 is 0. The van der Waals surface area contributed by atoms with E-state index in [0.29, 0.717) is 11.5 Å². The molecular weight excluding hydrogens is 478 g/mol. The molecule has 2 aliphatic heterocycles. The molecule has 0 unspecified atom stereocenters. The highest BCUT2D eigenvalue weighted by molar-refractivity contribution is 5.85. The maximum Gasteiger partial charge on any atom is 0.0605 e. The zero-order valence-electron chi connectivity index (χ0n) is 23.7. The highest BCUT2D eigenvalue weighted by Gasteiger charge is 2.34. The summed E-state index contributed by atoms with van der Waals surface area (Å²) in [5, 5.41) is 0. The summed E-state index contributed by atoms with van der Waals surface area (Å²) in [4.78, 5) is 7.98. The zero-order valence-corrected chi connectivity index (χ0v) is 24.5. The van der Waals surface area contributed by atoms with Crippen LogP contribution in [0.2, 0.25) is 0 Å². The van der Waals surface area contributed by atoms with E-state index < -0.39 is 0 Å². The molecule has 3 fully saturated rings. The van der Waals surface area contributed by atoms with Crippen molar-refractivity contribution in [3.05, 3.63) is 29.8 Å². The SMILES string of the molecule is CCCCCN1CCN(c2ccc(N3CCC(OC)CC3)cc2C2=CCC3(CCCCC3)CC2)CC1.Cl. The Morgan fingerprint density at radius 2 is 1.65 bits per heavy atom. The Bertz CT molecular complexity index is 865. The molecule has 2 aliphatic carbocycles. The van der Waals surface area contributed by atoms with Crippen molar-refractivity contribution >= 4 is 29.4 Å². The van der Waals surface area contributed by atoms with Crippen LogP contribution < -0.4 is 9.80 Å². The molecule has 2 heterocycles. The van der Waals surface area contributed by atoms with Gasteiger partial charge in [-0.1, -0.05) is 45.1 Å². The van der Waals surface area contributed by atoms with Crippen molar-refractivity contribution in [2.75, 3.05) is 62.7 Å². The van der Waals surface area contributed by atoms with E-state index in [0.717, 1.165) is 39.0 Å². The fourth-order valence-corrected chi connectivity index (χ4v) is 7.35. The van der Waals surface area contributed by atoms with Crippen LogP contribution in [0.1, 0.15) is 96.0 Å². The molecule has 208 valence electrons. The number of hydrogen-bond donors (Lipinski definition) is 0. The van der Waals surface area contributed by atoms with Gasteiger partial charge in [0.1, 0.15) is 0 Å². The van der Waals surface area contributed by atoms with Gasteiger partial charge in [0, 0.05) is 63.3 Å². The van der Waals surface area contributed by atoms with Gasteiger partial charge < -0.3 is 14.5 Å². The van der Waals surface area contributed by atoms with Crippen LogP contribution in [0.3, 0.4) is 0 Å². The van der Waals surface area contributed by atoms with Crippen molar-refractivity contribution in [3.8, 4) is 0 Å². The molecule has 0 amide bonds. The number of unbranched alkanes of at least 4 members (excludes halogenated alkanes) is 2. The Balaban J connectivity index is 0.00000320. The predicted molar refractivity (Wildman–Crippen MR) is 161 cm³/mol. The number of piperazine rings is 1. The van der Waals surface area contributed by atoms with Crippen molar-refractivity contribution in [2.45, 2.75) is 96.5 Å². The largest absolute Gasteiger partial charge is 0.381 e. The van der Waals surface area contributed by atoms with E-state index in [1.807, 2.05) is 7.11 Å². The Morgan fingerprint density at radius 3 is 2.30 bits per heavy atom. The van der Waals surface area contributed by atoms with Gasteiger partial charge in [0.2, 0.25) is 0 Å². The van der Waals surface area contributed by atoms with Gasteiger partial charge in [0.15, 0.2) is 0 Å². The normalized spacial score (nSPS) is 23.1. The first-order valence-corrected chi connectivity index (χ1v) is 15.3. The lowest BCUT2D eigenvalue weighted by molar-refractivity contribution is 0.0819. The quantitative estimate of drug-likeness (QED) is 0.323. The molecule has 37 heavy (non-hydrogen) atoms. The standard InChI is InChI=1S/C32H51N3O.ClH/c1-3-4-8-19-33-22-24-35(25-23-33)31-10-9-28(34-20-13-29(36-2)14-21-34)26-30(31)27-11-17-32(18-12-27)15-6-5-7-16-32;/h9-11,26,29H,3-8,12-25H2,1-2H3;1H. The highest BCUT2D eigenvalue weighted by Crippen LogP contribution is 2.49. The molecule has 4 nitrogen and oxygen atoms in total. The molecule has 1 saturated carbocycles. The lowest BCUT2D eigenvalue weighted by atomic mass is 9.65. The second-order valence-electron chi connectivity index (χ2n) is 12.2. The molecule has 2 saturated heterocycles. The van der Waals surface area contributed by atoms with Crippen LogP contribution in [0.15, 0.2) is 24.3 Å². The minimum Gasteiger partial charge on any atom is -0.381 e. The van der Waals surface area contributed by atoms with Crippen LogP contribution in [-0.4, -0.2) is 63.9 Å². The summed E-state index contributed by atoms with van der Waals surface area (Å²) < 4.78 is 5.64. The molecule has 0 N–H and O–H groups in total. The van der Waals surface area contributed by atoms with Crippen molar-refractivity contribution < 1.29 is 4.74 Å². The monoisotopic (exact) mass is 529 g/mol. The Kier molecular flexibility index (Phi) is 10.7. The summed E-state index contributed by atoms with van der Waals surface area (Å²) in [5.74, 6) is 0. The highest BCUT2D eigenvalue weighted by atomic mass is 35.5. The smallest absolute Gasteiger partial charge is 0.0605 e. The van der Waals surface area contributed by atoms with Crippen molar-refractivity contribution in [1.29, 1.82) is 0 Å². The van der Waals surface area contributed by atoms with Gasteiger partial charge in [-0.3, -0.25) is 4.90 Å². The average Bonchev–Trinajstić information content (AvgIpc) is 2.94. The van der Waals surface area contributed by atoms with Crippen LogP contribution in [0, 0.1) is 5.41 Å². The maximum absolute atomic E-state index is 5.64. The first-order chi connectivity index (χ1) is 17.7. The van der Waals surface area contributed by atoms with Gasteiger partial charge >= 0.3 is 0 Å². The van der Waals surface area contributed by atoms with E-state index in [1.165, 1.54) is 107 Å². The van der Waals surface area contributed by atoms with Gasteiger partial charge in [-0.05, 0) is 87.1 Å². The van der Waals surface area contributed by atoms with Gasteiger partial charge in [-0.15, -0.1) is 12.4 Å². The van der Waals surface area contributed by atoms with E-state index in [1.54, 1.807) is 5.57 Å². The third kappa shape index (κ3) is 7.05. The van der Waals surface area contributed by atoms with Crippen LogP contribution in [0.4, 0.5) is 11.4 Å². The molecule has 1 aromatic rings. The van der Waals surface area contributed by atoms with Gasteiger partial charge in [-0.25, -0.2) is 0 Å². The fraction of sp³-hybridized carbons (Fsp3) is 0.750. The van der Waals surface area contributed by atoms with Crippen molar-refractivity contribution in [2.24, 2.45) is 5.41 Å². The molecule has 0 radical (unpaired) electrons. The number of anilines is 2. The average molecular weight is 530 g/mol. The second-order valence-corrected chi connectivity index (χ2v) is 12.2. The third-order valence-electron chi connectivity index (χ3n) is 9.88. The minimum absolute atomic E-state index is 0. The van der Waals surface area contributed by atoms with E-state index in [2.05, 4.69) is 45.9 Å². The van der Waals surface area contributed by atoms with Crippen LogP contribution >= 0.6 is 12.4 Å². The third-order valence-corrected chi connectivity index (χ3v) is 9.88. The number of methoxy groups -OCH3 is 1. The van der Waals surface area contributed by atoms with Gasteiger partial charge in [0.05, 0.1) is 6.10 Å². The number of rotatable bonds is 8. The maximum atomic E-state index is 5.64. The predicted octanol–water partition coefficient (Wildman–Crippen LogP) is 7.55. The molecule has 0 aromatic heterocycles. The Morgan fingerprint density at radius 1 is 0.892 bits per heavy atom. The number of halogens is 1. The number of piperidine rings is 1. The van der Waals surface area contributed by atoms with Crippen molar-refractivity contribution in [1.82, 2.24) is 4.90 Å². The Hall–Kier alpha value is -1.23. The number of hydrogen-bond acceptors (Lipinski definition) is 4. The second kappa shape index (κ2) is 13.7. The molecule has 0 atom stereocenters. The van der Waals surface area contributed by atoms with Crippen molar-refractivity contribution in [3.63, 3.8) is 0 Å². The molecule has 1 aromatic carbocycles.